The molecular formula is C22H24F2N2O2. The van der Waals surface area contributed by atoms with Crippen LogP contribution in [-0.2, 0) is 4.79 Å². The van der Waals surface area contributed by atoms with Crippen LogP contribution in [0.5, 0.6) is 0 Å². The fraction of sp³-hybridized carbons (Fsp3) is 0.364. The number of hydrogen-bond donors (Lipinski definition) is 1. The second-order valence-corrected chi connectivity index (χ2v) is 7.05. The standard InChI is InChI=1S/C22H24F2N2O2/c23-18-8-9-19(20(24)15-18)22(28)25-12-4-7-21(27)26-13-10-17(11-14-26)16-5-2-1-3-6-16/h1-3,5-6,8-9,15,17H,4,7,10-14H2,(H,25,28). The smallest absolute Gasteiger partial charge is 0.254 e. The third kappa shape index (κ3) is 5.15. The molecule has 0 bridgehead atoms. The van der Waals surface area contributed by atoms with Crippen LogP contribution in [0.4, 0.5) is 8.78 Å². The molecule has 0 radical (unpaired) electrons. The minimum atomic E-state index is -0.894. The van der Waals surface area contributed by atoms with Gasteiger partial charge in [-0.1, -0.05) is 30.3 Å². The van der Waals surface area contributed by atoms with Crippen molar-refractivity contribution >= 4 is 11.8 Å². The van der Waals surface area contributed by atoms with E-state index < -0.39 is 17.5 Å². The Morgan fingerprint density at radius 1 is 1.04 bits per heavy atom. The molecule has 6 heteroatoms. The molecule has 0 spiro atoms. The van der Waals surface area contributed by atoms with Crippen LogP contribution in [0.1, 0.15) is 47.5 Å². The van der Waals surface area contributed by atoms with E-state index in [1.165, 1.54) is 5.56 Å². The Morgan fingerprint density at radius 2 is 1.75 bits per heavy atom. The lowest BCUT2D eigenvalue weighted by atomic mass is 9.89. The zero-order valence-corrected chi connectivity index (χ0v) is 15.7. The van der Waals surface area contributed by atoms with Gasteiger partial charge >= 0.3 is 0 Å². The van der Waals surface area contributed by atoms with Crippen LogP contribution in [0.25, 0.3) is 0 Å². The average Bonchev–Trinajstić information content (AvgIpc) is 2.71. The van der Waals surface area contributed by atoms with E-state index in [1.54, 1.807) is 0 Å². The second kappa shape index (κ2) is 9.44. The second-order valence-electron chi connectivity index (χ2n) is 7.05. The van der Waals surface area contributed by atoms with Crippen LogP contribution >= 0.6 is 0 Å². The molecule has 2 aromatic rings. The number of amides is 2. The van der Waals surface area contributed by atoms with Crippen LogP contribution in [0.3, 0.4) is 0 Å². The Hall–Kier alpha value is -2.76. The molecule has 1 aliphatic rings. The topological polar surface area (TPSA) is 49.4 Å². The minimum Gasteiger partial charge on any atom is -0.352 e. The normalized spacial score (nSPS) is 14.7. The van der Waals surface area contributed by atoms with Gasteiger partial charge in [0.25, 0.3) is 5.91 Å². The average molecular weight is 386 g/mol. The number of halogens is 2. The van der Waals surface area contributed by atoms with Gasteiger partial charge in [-0.05, 0) is 42.9 Å². The fourth-order valence-electron chi connectivity index (χ4n) is 3.56. The molecule has 1 heterocycles. The van der Waals surface area contributed by atoms with E-state index in [2.05, 4.69) is 17.4 Å². The Labute approximate surface area is 163 Å². The van der Waals surface area contributed by atoms with Crippen molar-refractivity contribution in [3.63, 3.8) is 0 Å². The van der Waals surface area contributed by atoms with Crippen LogP contribution in [0.2, 0.25) is 0 Å². The SMILES string of the molecule is O=C(NCCCC(=O)N1CCC(c2ccccc2)CC1)c1ccc(F)cc1F. The Kier molecular flexibility index (Phi) is 6.74. The molecule has 0 atom stereocenters. The largest absolute Gasteiger partial charge is 0.352 e. The summed E-state index contributed by atoms with van der Waals surface area (Å²) in [7, 11) is 0. The molecule has 1 aliphatic heterocycles. The highest BCUT2D eigenvalue weighted by atomic mass is 19.1. The summed E-state index contributed by atoms with van der Waals surface area (Å²) in [6.45, 7) is 1.75. The van der Waals surface area contributed by atoms with Crippen LogP contribution in [-0.4, -0.2) is 36.3 Å². The number of rotatable bonds is 6. The monoisotopic (exact) mass is 386 g/mol. The van der Waals surface area contributed by atoms with E-state index in [0.29, 0.717) is 24.8 Å². The maximum atomic E-state index is 13.6. The molecular weight excluding hydrogens is 362 g/mol. The van der Waals surface area contributed by atoms with Gasteiger partial charge in [0.15, 0.2) is 0 Å². The van der Waals surface area contributed by atoms with Crippen molar-refractivity contribution in [1.82, 2.24) is 10.2 Å². The quantitative estimate of drug-likeness (QED) is 0.766. The molecule has 148 valence electrons. The summed E-state index contributed by atoms with van der Waals surface area (Å²) < 4.78 is 26.5. The summed E-state index contributed by atoms with van der Waals surface area (Å²) >= 11 is 0. The number of piperidine rings is 1. The number of hydrogen-bond acceptors (Lipinski definition) is 2. The van der Waals surface area contributed by atoms with Gasteiger partial charge in [-0.15, -0.1) is 0 Å². The number of nitrogens with zero attached hydrogens (tertiary/aromatic N) is 1. The summed E-state index contributed by atoms with van der Waals surface area (Å²) in [6.07, 6.45) is 2.72. The Bertz CT molecular complexity index is 819. The number of carbonyl (C=O) groups is 2. The lowest BCUT2D eigenvalue weighted by molar-refractivity contribution is -0.132. The maximum Gasteiger partial charge on any atom is 0.254 e. The van der Waals surface area contributed by atoms with Crippen LogP contribution < -0.4 is 5.32 Å². The predicted octanol–water partition coefficient (Wildman–Crippen LogP) is 3.88. The van der Waals surface area contributed by atoms with Crippen molar-refractivity contribution in [3.05, 3.63) is 71.3 Å². The number of carbonyl (C=O) groups excluding carboxylic acids is 2. The molecule has 1 saturated heterocycles. The molecule has 1 fully saturated rings. The molecule has 0 aromatic heterocycles. The predicted molar refractivity (Wildman–Crippen MR) is 103 cm³/mol. The van der Waals surface area contributed by atoms with Gasteiger partial charge in [0, 0.05) is 32.1 Å². The van der Waals surface area contributed by atoms with E-state index in [0.717, 1.165) is 38.1 Å². The first kappa shape index (κ1) is 20.0. The van der Waals surface area contributed by atoms with Gasteiger partial charge in [-0.25, -0.2) is 8.78 Å². The lowest BCUT2D eigenvalue weighted by Gasteiger charge is -2.32. The molecule has 0 unspecified atom stereocenters. The summed E-state index contributed by atoms with van der Waals surface area (Å²) in [5.41, 5.74) is 1.13. The molecule has 0 saturated carbocycles. The Morgan fingerprint density at radius 3 is 2.43 bits per heavy atom. The maximum absolute atomic E-state index is 13.6. The highest BCUT2D eigenvalue weighted by Gasteiger charge is 2.23. The van der Waals surface area contributed by atoms with Gasteiger partial charge in [-0.3, -0.25) is 9.59 Å². The highest BCUT2D eigenvalue weighted by Crippen LogP contribution is 2.28. The highest BCUT2D eigenvalue weighted by molar-refractivity contribution is 5.94. The van der Waals surface area contributed by atoms with E-state index >= 15 is 0 Å². The van der Waals surface area contributed by atoms with Gasteiger partial charge in [0.05, 0.1) is 5.56 Å². The summed E-state index contributed by atoms with van der Waals surface area (Å²) in [5, 5.41) is 2.57. The van der Waals surface area contributed by atoms with Crippen molar-refractivity contribution < 1.29 is 18.4 Å². The molecule has 28 heavy (non-hydrogen) atoms. The summed E-state index contributed by atoms with van der Waals surface area (Å²) in [6, 6.07) is 13.2. The number of nitrogens with one attached hydrogen (secondary N) is 1. The molecule has 2 amide bonds. The van der Waals surface area contributed by atoms with E-state index in [9.17, 15) is 18.4 Å². The molecule has 4 nitrogen and oxygen atoms in total. The van der Waals surface area contributed by atoms with E-state index in [1.807, 2.05) is 23.1 Å². The van der Waals surface area contributed by atoms with Crippen molar-refractivity contribution in [1.29, 1.82) is 0 Å². The summed E-state index contributed by atoms with van der Waals surface area (Å²) in [4.78, 5) is 26.2. The van der Waals surface area contributed by atoms with Crippen LogP contribution in [0.15, 0.2) is 48.5 Å². The first-order chi connectivity index (χ1) is 13.5. The zero-order valence-electron chi connectivity index (χ0n) is 15.7. The molecule has 0 aliphatic carbocycles. The van der Waals surface area contributed by atoms with E-state index in [4.69, 9.17) is 0 Å². The lowest BCUT2D eigenvalue weighted by Crippen LogP contribution is -2.38. The first-order valence-corrected chi connectivity index (χ1v) is 9.60. The summed E-state index contributed by atoms with van der Waals surface area (Å²) in [5.74, 6) is -1.65. The minimum absolute atomic E-state index is 0.0775. The third-order valence-electron chi connectivity index (χ3n) is 5.15. The molecule has 1 N–H and O–H groups in total. The zero-order chi connectivity index (χ0) is 19.9. The van der Waals surface area contributed by atoms with Crippen molar-refractivity contribution in [2.45, 2.75) is 31.6 Å². The van der Waals surface area contributed by atoms with Crippen molar-refractivity contribution in [2.75, 3.05) is 19.6 Å². The molecule has 3 rings (SSSR count). The van der Waals surface area contributed by atoms with Gasteiger partial charge in [0.2, 0.25) is 5.91 Å². The van der Waals surface area contributed by atoms with Gasteiger partial charge in [0.1, 0.15) is 11.6 Å². The van der Waals surface area contributed by atoms with E-state index in [-0.39, 0.29) is 18.0 Å². The van der Waals surface area contributed by atoms with Gasteiger partial charge in [-0.2, -0.15) is 0 Å². The number of likely N-dealkylation sites (tertiary alicyclic amines) is 1. The third-order valence-corrected chi connectivity index (χ3v) is 5.15. The Balaban J connectivity index is 1.37. The fourth-order valence-corrected chi connectivity index (χ4v) is 3.56. The first-order valence-electron chi connectivity index (χ1n) is 9.60. The van der Waals surface area contributed by atoms with Gasteiger partial charge < -0.3 is 10.2 Å². The molecule has 2 aromatic carbocycles. The van der Waals surface area contributed by atoms with Crippen molar-refractivity contribution in [3.8, 4) is 0 Å². The van der Waals surface area contributed by atoms with Crippen molar-refractivity contribution in [2.24, 2.45) is 0 Å². The number of benzene rings is 2. The van der Waals surface area contributed by atoms with Crippen LogP contribution in [0, 0.1) is 11.6 Å².